The van der Waals surface area contributed by atoms with Gasteiger partial charge in [0.1, 0.15) is 5.41 Å². The highest BCUT2D eigenvalue weighted by Gasteiger charge is 2.34. The van der Waals surface area contributed by atoms with E-state index in [1.165, 1.54) is 0 Å². The summed E-state index contributed by atoms with van der Waals surface area (Å²) in [4.78, 5) is 23.3. The molecular weight excluding hydrogens is 230 g/mol. The Morgan fingerprint density at radius 3 is 2.17 bits per heavy atom. The van der Waals surface area contributed by atoms with Crippen LogP contribution in [-0.2, 0) is 9.59 Å². The molecule has 2 amide bonds. The number of amides is 2. The molecule has 0 rings (SSSR count). The molecule has 0 aromatic carbocycles. The Labute approximate surface area is 109 Å². The summed E-state index contributed by atoms with van der Waals surface area (Å²) >= 11 is 0. The average molecular weight is 253 g/mol. The maximum absolute atomic E-state index is 11.9. The van der Waals surface area contributed by atoms with Gasteiger partial charge in [0.2, 0.25) is 11.8 Å². The molecule has 5 heteroatoms. The topological polar surface area (TPSA) is 82.0 Å². The zero-order valence-corrected chi connectivity index (χ0v) is 11.7. The largest absolute Gasteiger partial charge is 0.354 e. The standard InChI is InChI=1S/C13H23N3O2/c1-5-13(6-2,9-14)12(18)16-8-11(17)15-7-10(3)4/h10H,5-8H2,1-4H3,(H,15,17)(H,16,18). The van der Waals surface area contributed by atoms with Crippen LogP contribution in [0.5, 0.6) is 0 Å². The van der Waals surface area contributed by atoms with Crippen molar-refractivity contribution >= 4 is 11.8 Å². The van der Waals surface area contributed by atoms with Crippen molar-refractivity contribution in [3.63, 3.8) is 0 Å². The third-order valence-electron chi connectivity index (χ3n) is 2.97. The van der Waals surface area contributed by atoms with Crippen molar-refractivity contribution in [2.75, 3.05) is 13.1 Å². The van der Waals surface area contributed by atoms with Gasteiger partial charge in [0.05, 0.1) is 12.6 Å². The van der Waals surface area contributed by atoms with E-state index in [9.17, 15) is 9.59 Å². The second-order valence-electron chi connectivity index (χ2n) is 4.78. The van der Waals surface area contributed by atoms with Gasteiger partial charge in [-0.1, -0.05) is 27.7 Å². The Morgan fingerprint density at radius 1 is 1.22 bits per heavy atom. The van der Waals surface area contributed by atoms with Crippen molar-refractivity contribution in [1.82, 2.24) is 10.6 Å². The highest BCUT2D eigenvalue weighted by molar-refractivity contribution is 5.89. The third kappa shape index (κ3) is 4.74. The van der Waals surface area contributed by atoms with Gasteiger partial charge in [-0.25, -0.2) is 0 Å². The highest BCUT2D eigenvalue weighted by atomic mass is 16.2. The molecule has 0 aliphatic heterocycles. The lowest BCUT2D eigenvalue weighted by atomic mass is 9.83. The van der Waals surface area contributed by atoms with E-state index >= 15 is 0 Å². The molecule has 0 spiro atoms. The molecule has 102 valence electrons. The second-order valence-corrected chi connectivity index (χ2v) is 4.78. The summed E-state index contributed by atoms with van der Waals surface area (Å²) in [6.45, 7) is 8.09. The van der Waals surface area contributed by atoms with E-state index in [4.69, 9.17) is 5.26 Å². The first-order valence-electron chi connectivity index (χ1n) is 6.38. The van der Waals surface area contributed by atoms with Gasteiger partial charge < -0.3 is 10.6 Å². The van der Waals surface area contributed by atoms with Crippen LogP contribution in [0.2, 0.25) is 0 Å². The number of nitrogens with one attached hydrogen (secondary N) is 2. The fourth-order valence-electron chi connectivity index (χ4n) is 1.49. The van der Waals surface area contributed by atoms with Gasteiger partial charge in [-0.3, -0.25) is 9.59 Å². The van der Waals surface area contributed by atoms with Gasteiger partial charge in [0.25, 0.3) is 0 Å². The van der Waals surface area contributed by atoms with Crippen molar-refractivity contribution in [2.45, 2.75) is 40.5 Å². The molecule has 0 radical (unpaired) electrons. The van der Waals surface area contributed by atoms with Gasteiger partial charge in [-0.05, 0) is 18.8 Å². The lowest BCUT2D eigenvalue weighted by Gasteiger charge is -2.21. The van der Waals surface area contributed by atoms with Crippen LogP contribution in [0.1, 0.15) is 40.5 Å². The van der Waals surface area contributed by atoms with Crippen molar-refractivity contribution in [3.05, 3.63) is 0 Å². The molecule has 0 saturated heterocycles. The fraction of sp³-hybridized carbons (Fsp3) is 0.769. The predicted octanol–water partition coefficient (Wildman–Crippen LogP) is 1.20. The van der Waals surface area contributed by atoms with Gasteiger partial charge >= 0.3 is 0 Å². The molecule has 0 bridgehead atoms. The van der Waals surface area contributed by atoms with E-state index in [-0.39, 0.29) is 18.4 Å². The summed E-state index contributed by atoms with van der Waals surface area (Å²) in [7, 11) is 0. The van der Waals surface area contributed by atoms with Gasteiger partial charge in [0.15, 0.2) is 0 Å². The molecule has 0 aliphatic carbocycles. The Kier molecular flexibility index (Phi) is 7.03. The van der Waals surface area contributed by atoms with Crippen molar-refractivity contribution in [3.8, 4) is 6.07 Å². The number of nitrogens with zero attached hydrogens (tertiary/aromatic N) is 1. The van der Waals surface area contributed by atoms with Gasteiger partial charge in [-0.2, -0.15) is 5.26 Å². The number of hydrogen-bond donors (Lipinski definition) is 2. The number of carbonyl (C=O) groups excluding carboxylic acids is 2. The third-order valence-corrected chi connectivity index (χ3v) is 2.97. The first kappa shape index (κ1) is 16.4. The minimum Gasteiger partial charge on any atom is -0.354 e. The molecule has 5 nitrogen and oxygen atoms in total. The van der Waals surface area contributed by atoms with E-state index < -0.39 is 5.41 Å². The van der Waals surface area contributed by atoms with Crippen LogP contribution in [-0.4, -0.2) is 24.9 Å². The van der Waals surface area contributed by atoms with Crippen molar-refractivity contribution in [2.24, 2.45) is 11.3 Å². The van der Waals surface area contributed by atoms with Crippen LogP contribution >= 0.6 is 0 Å². The Balaban J connectivity index is 4.25. The molecule has 0 aromatic rings. The minimum absolute atomic E-state index is 0.0744. The number of carbonyl (C=O) groups is 2. The summed E-state index contributed by atoms with van der Waals surface area (Å²) < 4.78 is 0. The van der Waals surface area contributed by atoms with E-state index in [1.807, 2.05) is 19.9 Å². The van der Waals surface area contributed by atoms with Crippen LogP contribution in [0.3, 0.4) is 0 Å². The van der Waals surface area contributed by atoms with Gasteiger partial charge in [0, 0.05) is 6.54 Å². The van der Waals surface area contributed by atoms with Crippen LogP contribution in [0.25, 0.3) is 0 Å². The summed E-state index contributed by atoms with van der Waals surface area (Å²) in [5, 5.41) is 14.3. The number of hydrogen-bond acceptors (Lipinski definition) is 3. The summed E-state index contributed by atoms with van der Waals surface area (Å²) in [5.41, 5.74) is -1.02. The SMILES string of the molecule is CCC(C#N)(CC)C(=O)NCC(=O)NCC(C)C. The molecular formula is C13H23N3O2. The smallest absolute Gasteiger partial charge is 0.240 e. The highest BCUT2D eigenvalue weighted by Crippen LogP contribution is 2.25. The molecule has 2 N–H and O–H groups in total. The van der Waals surface area contributed by atoms with E-state index in [1.54, 1.807) is 13.8 Å². The lowest BCUT2D eigenvalue weighted by Crippen LogP contribution is -2.44. The summed E-state index contributed by atoms with van der Waals surface area (Å²) in [5.74, 6) is -0.222. The minimum atomic E-state index is -1.02. The lowest BCUT2D eigenvalue weighted by molar-refractivity contribution is -0.131. The molecule has 0 fully saturated rings. The van der Waals surface area contributed by atoms with Crippen molar-refractivity contribution < 1.29 is 9.59 Å². The zero-order chi connectivity index (χ0) is 14.2. The monoisotopic (exact) mass is 253 g/mol. The number of rotatable bonds is 7. The predicted molar refractivity (Wildman–Crippen MR) is 69.5 cm³/mol. The summed E-state index contributed by atoms with van der Waals surface area (Å²) in [6, 6.07) is 2.04. The fourth-order valence-corrected chi connectivity index (χ4v) is 1.49. The van der Waals surface area contributed by atoms with E-state index in [0.29, 0.717) is 25.3 Å². The Morgan fingerprint density at radius 2 is 1.78 bits per heavy atom. The van der Waals surface area contributed by atoms with E-state index in [0.717, 1.165) is 0 Å². The zero-order valence-electron chi connectivity index (χ0n) is 11.7. The van der Waals surface area contributed by atoms with Crippen molar-refractivity contribution in [1.29, 1.82) is 5.26 Å². The van der Waals surface area contributed by atoms with Gasteiger partial charge in [-0.15, -0.1) is 0 Å². The molecule has 0 saturated carbocycles. The maximum Gasteiger partial charge on any atom is 0.240 e. The molecule has 0 aromatic heterocycles. The Hall–Kier alpha value is -1.57. The van der Waals surface area contributed by atoms with Crippen LogP contribution < -0.4 is 10.6 Å². The molecule has 18 heavy (non-hydrogen) atoms. The second kappa shape index (κ2) is 7.70. The number of nitriles is 1. The summed E-state index contributed by atoms with van der Waals surface area (Å²) in [6.07, 6.45) is 0.888. The van der Waals surface area contributed by atoms with Crippen LogP contribution in [0.15, 0.2) is 0 Å². The molecule has 0 heterocycles. The Bertz CT molecular complexity index is 328. The normalized spacial score (nSPS) is 10.9. The molecule has 0 aliphatic rings. The van der Waals surface area contributed by atoms with Crippen LogP contribution in [0, 0.1) is 22.7 Å². The first-order valence-corrected chi connectivity index (χ1v) is 6.38. The average Bonchev–Trinajstić information content (AvgIpc) is 2.36. The maximum atomic E-state index is 11.9. The van der Waals surface area contributed by atoms with Crippen LogP contribution in [0.4, 0.5) is 0 Å². The molecule has 0 atom stereocenters. The molecule has 0 unspecified atom stereocenters. The quantitative estimate of drug-likeness (QED) is 0.715. The van der Waals surface area contributed by atoms with E-state index in [2.05, 4.69) is 10.6 Å². The first-order chi connectivity index (χ1) is 8.41.